The van der Waals surface area contributed by atoms with E-state index in [1.807, 2.05) is 6.08 Å². The maximum absolute atomic E-state index is 12.0. The molecule has 0 heterocycles. The van der Waals surface area contributed by atoms with Crippen molar-refractivity contribution >= 4 is 25.8 Å². The topological polar surface area (TPSA) is 34.1 Å². The van der Waals surface area contributed by atoms with E-state index in [1.165, 1.54) is 32.1 Å². The Kier molecular flexibility index (Phi) is 12.1. The van der Waals surface area contributed by atoms with Gasteiger partial charge in [0.25, 0.3) is 0 Å². The number of hydrogen-bond acceptors (Lipinski definition) is 2. The second-order valence-corrected chi connectivity index (χ2v) is 8.40. The average molecular weight is 353 g/mol. The van der Waals surface area contributed by atoms with Crippen molar-refractivity contribution in [2.45, 2.75) is 78.1 Å². The fraction of sp³-hybridized carbons (Fsp3) is 0.867. The van der Waals surface area contributed by atoms with Gasteiger partial charge >= 0.3 is 0 Å². The summed E-state index contributed by atoms with van der Waals surface area (Å²) in [6.45, 7) is 4.35. The summed E-state index contributed by atoms with van der Waals surface area (Å²) in [5, 5.41) is 0. The summed E-state index contributed by atoms with van der Waals surface area (Å²) in [7, 11) is -3.06. The molecule has 0 N–H and O–H groups in total. The van der Waals surface area contributed by atoms with Crippen LogP contribution in [0.2, 0.25) is 0 Å². The number of rotatable bonds is 12. The van der Waals surface area contributed by atoms with Gasteiger partial charge in [-0.2, -0.15) is 0 Å². The van der Waals surface area contributed by atoms with Crippen molar-refractivity contribution in [3.05, 3.63) is 11.0 Å². The summed E-state index contributed by atoms with van der Waals surface area (Å²) >= 11 is 3.10. The monoisotopic (exact) mass is 352 g/mol. The van der Waals surface area contributed by atoms with Gasteiger partial charge in [-0.1, -0.05) is 74.4 Å². The first kappa shape index (κ1) is 19.2. The van der Waals surface area contributed by atoms with Crippen LogP contribution >= 0.6 is 15.9 Å². The molecule has 0 bridgehead atoms. The fourth-order valence-electron chi connectivity index (χ4n) is 2.01. The number of halogens is 1. The number of hydrogen-bond donors (Lipinski definition) is 0. The molecule has 19 heavy (non-hydrogen) atoms. The lowest BCUT2D eigenvalue weighted by molar-refractivity contribution is 0.600. The molecule has 0 saturated carbocycles. The van der Waals surface area contributed by atoms with Gasteiger partial charge in [-0.15, -0.1) is 0 Å². The van der Waals surface area contributed by atoms with Gasteiger partial charge in [-0.3, -0.25) is 0 Å². The molecule has 0 spiro atoms. The summed E-state index contributed by atoms with van der Waals surface area (Å²) in [5.74, 6) is 0. The van der Waals surface area contributed by atoms with Gasteiger partial charge in [-0.05, 0) is 25.7 Å². The molecule has 0 radical (unpaired) electrons. The molecule has 0 aromatic heterocycles. The molecule has 2 nitrogen and oxygen atoms in total. The third-order valence-corrected chi connectivity index (χ3v) is 6.51. The van der Waals surface area contributed by atoms with E-state index in [2.05, 4.69) is 29.8 Å². The highest BCUT2D eigenvalue weighted by Gasteiger charge is 2.15. The standard InChI is InChI=1S/C15H29BrO2S/c1-3-5-7-9-11-13-15(19(17,18)14-16)12-10-8-6-4-2/h13H,3-12,14H2,1-2H3. The first-order valence-electron chi connectivity index (χ1n) is 7.56. The number of allylic oxidation sites excluding steroid dienone is 2. The summed E-state index contributed by atoms with van der Waals surface area (Å²) in [6.07, 6.45) is 12.8. The molecular formula is C15H29BrO2S. The maximum atomic E-state index is 12.0. The molecule has 0 aliphatic rings. The van der Waals surface area contributed by atoms with Gasteiger partial charge in [0.1, 0.15) is 4.66 Å². The molecule has 0 atom stereocenters. The average Bonchev–Trinajstić information content (AvgIpc) is 2.40. The molecule has 114 valence electrons. The van der Waals surface area contributed by atoms with Crippen LogP contribution in [0.1, 0.15) is 78.1 Å². The first-order chi connectivity index (χ1) is 9.08. The van der Waals surface area contributed by atoms with Gasteiger partial charge in [-0.25, -0.2) is 8.42 Å². The van der Waals surface area contributed by atoms with Crippen molar-refractivity contribution in [2.75, 3.05) is 4.66 Å². The maximum Gasteiger partial charge on any atom is 0.184 e. The van der Waals surface area contributed by atoms with E-state index >= 15 is 0 Å². The van der Waals surface area contributed by atoms with Crippen LogP contribution in [0.3, 0.4) is 0 Å². The SMILES string of the molecule is CCCCCCC=C(CCCCCC)S(=O)(=O)CBr. The van der Waals surface area contributed by atoms with Crippen LogP contribution in [0.4, 0.5) is 0 Å². The fourth-order valence-corrected chi connectivity index (χ4v) is 3.86. The Hall–Kier alpha value is 0.170. The molecule has 0 aromatic carbocycles. The van der Waals surface area contributed by atoms with Crippen molar-refractivity contribution in [3.63, 3.8) is 0 Å². The Balaban J connectivity index is 4.29. The Bertz CT molecular complexity index is 334. The summed E-state index contributed by atoms with van der Waals surface area (Å²) in [4.78, 5) is 0.650. The van der Waals surface area contributed by atoms with Gasteiger partial charge in [0.05, 0.1) is 0 Å². The molecule has 0 aromatic rings. The number of unbranched alkanes of at least 4 members (excludes halogenated alkanes) is 7. The zero-order valence-corrected chi connectivity index (χ0v) is 14.9. The van der Waals surface area contributed by atoms with E-state index in [9.17, 15) is 8.42 Å². The largest absolute Gasteiger partial charge is 0.223 e. The predicted molar refractivity (Wildman–Crippen MR) is 88.3 cm³/mol. The summed E-state index contributed by atoms with van der Waals surface area (Å²) in [6, 6.07) is 0. The number of alkyl halides is 1. The van der Waals surface area contributed by atoms with Crippen molar-refractivity contribution < 1.29 is 8.42 Å². The Morgan fingerprint density at radius 3 is 2.05 bits per heavy atom. The van der Waals surface area contributed by atoms with E-state index < -0.39 is 9.84 Å². The van der Waals surface area contributed by atoms with Gasteiger partial charge < -0.3 is 0 Å². The van der Waals surface area contributed by atoms with Crippen molar-refractivity contribution in [2.24, 2.45) is 0 Å². The van der Waals surface area contributed by atoms with Crippen LogP contribution < -0.4 is 0 Å². The molecule has 4 heteroatoms. The van der Waals surface area contributed by atoms with E-state index in [1.54, 1.807) is 0 Å². The molecule has 0 aliphatic heterocycles. The third-order valence-electron chi connectivity index (χ3n) is 3.25. The second-order valence-electron chi connectivity index (χ2n) is 5.05. The zero-order valence-electron chi connectivity index (χ0n) is 12.5. The molecule has 0 aliphatic carbocycles. The van der Waals surface area contributed by atoms with Crippen molar-refractivity contribution in [3.8, 4) is 0 Å². The highest BCUT2D eigenvalue weighted by molar-refractivity contribution is 9.10. The second kappa shape index (κ2) is 12.0. The van der Waals surface area contributed by atoms with Gasteiger partial charge in [0.2, 0.25) is 0 Å². The Morgan fingerprint density at radius 1 is 0.947 bits per heavy atom. The minimum Gasteiger partial charge on any atom is -0.223 e. The first-order valence-corrected chi connectivity index (χ1v) is 10.3. The van der Waals surface area contributed by atoms with Crippen LogP contribution in [0.25, 0.3) is 0 Å². The molecule has 0 amide bonds. The summed E-state index contributed by atoms with van der Waals surface area (Å²) in [5.41, 5.74) is 0. The van der Waals surface area contributed by atoms with E-state index in [4.69, 9.17) is 0 Å². The lowest BCUT2D eigenvalue weighted by Gasteiger charge is -2.07. The number of sulfone groups is 1. The van der Waals surface area contributed by atoms with Crippen LogP contribution in [0, 0.1) is 0 Å². The molecular weight excluding hydrogens is 324 g/mol. The van der Waals surface area contributed by atoms with E-state index in [0.29, 0.717) is 11.3 Å². The van der Waals surface area contributed by atoms with Crippen molar-refractivity contribution in [1.82, 2.24) is 0 Å². The van der Waals surface area contributed by atoms with Gasteiger partial charge in [0, 0.05) is 4.91 Å². The molecule has 0 rings (SSSR count). The van der Waals surface area contributed by atoms with Crippen LogP contribution in [-0.4, -0.2) is 13.1 Å². The van der Waals surface area contributed by atoms with Crippen LogP contribution in [0.15, 0.2) is 11.0 Å². The minimum absolute atomic E-state index is 0.0502. The lowest BCUT2D eigenvalue weighted by Crippen LogP contribution is -2.05. The van der Waals surface area contributed by atoms with Crippen LogP contribution in [-0.2, 0) is 9.84 Å². The molecule has 0 fully saturated rings. The van der Waals surface area contributed by atoms with Gasteiger partial charge in [0.15, 0.2) is 9.84 Å². The summed E-state index contributed by atoms with van der Waals surface area (Å²) < 4.78 is 24.0. The zero-order chi connectivity index (χ0) is 14.6. The Morgan fingerprint density at radius 2 is 1.53 bits per heavy atom. The smallest absolute Gasteiger partial charge is 0.184 e. The lowest BCUT2D eigenvalue weighted by atomic mass is 10.1. The molecule has 0 saturated heterocycles. The normalized spacial score (nSPS) is 12.9. The highest BCUT2D eigenvalue weighted by Crippen LogP contribution is 2.20. The van der Waals surface area contributed by atoms with Crippen LogP contribution in [0.5, 0.6) is 0 Å². The Labute approximate surface area is 128 Å². The third kappa shape index (κ3) is 9.67. The van der Waals surface area contributed by atoms with E-state index in [-0.39, 0.29) is 4.66 Å². The van der Waals surface area contributed by atoms with E-state index in [0.717, 1.165) is 25.7 Å². The predicted octanol–water partition coefficient (Wildman–Crippen LogP) is 5.58. The molecule has 0 unspecified atom stereocenters. The van der Waals surface area contributed by atoms with Crippen molar-refractivity contribution in [1.29, 1.82) is 0 Å². The highest BCUT2D eigenvalue weighted by atomic mass is 79.9. The quantitative estimate of drug-likeness (QED) is 0.339. The minimum atomic E-state index is -3.06.